The third kappa shape index (κ3) is 7.08. The van der Waals surface area contributed by atoms with Gasteiger partial charge in [0.1, 0.15) is 5.82 Å². The van der Waals surface area contributed by atoms with Crippen molar-refractivity contribution in [3.05, 3.63) is 84.2 Å². The highest BCUT2D eigenvalue weighted by molar-refractivity contribution is 8.00. The molecule has 0 heterocycles. The minimum absolute atomic E-state index is 0.117. The number of thiocarbonyl (C=S) groups is 1. The maximum absolute atomic E-state index is 13.1. The summed E-state index contributed by atoms with van der Waals surface area (Å²) in [5.41, 5.74) is 3.51. The Morgan fingerprint density at radius 1 is 0.935 bits per heavy atom. The van der Waals surface area contributed by atoms with Gasteiger partial charge in [-0.2, -0.15) is 0 Å². The van der Waals surface area contributed by atoms with Crippen LogP contribution in [0.5, 0.6) is 0 Å². The molecule has 0 aliphatic heterocycles. The van der Waals surface area contributed by atoms with Crippen molar-refractivity contribution in [2.45, 2.75) is 30.4 Å². The standard InChI is InChI=1S/C24H24FN3OS2/c1-3-22(23(29)26-18-13-9-17(25)10-14-18)31-21-6-4-5-20(15-21)28-24(30)27-19-11-7-16(2)8-12-19/h4-15,22H,3H2,1-2H3,(H,26,29)(H2,27,28,30). The summed E-state index contributed by atoms with van der Waals surface area (Å²) in [5.74, 6) is -0.451. The molecule has 0 bridgehead atoms. The van der Waals surface area contributed by atoms with Gasteiger partial charge in [-0.05, 0) is 80.2 Å². The number of benzene rings is 3. The highest BCUT2D eigenvalue weighted by Crippen LogP contribution is 2.28. The van der Waals surface area contributed by atoms with Gasteiger partial charge in [0.25, 0.3) is 0 Å². The van der Waals surface area contributed by atoms with Gasteiger partial charge < -0.3 is 16.0 Å². The van der Waals surface area contributed by atoms with Crippen molar-refractivity contribution in [2.75, 3.05) is 16.0 Å². The number of carbonyl (C=O) groups is 1. The van der Waals surface area contributed by atoms with Crippen LogP contribution in [0.25, 0.3) is 0 Å². The number of hydrogen-bond donors (Lipinski definition) is 3. The minimum atomic E-state index is -0.335. The molecule has 0 aliphatic rings. The molecule has 3 aromatic rings. The Bertz CT molecular complexity index is 1040. The number of nitrogens with one attached hydrogen (secondary N) is 3. The number of rotatable bonds is 7. The molecule has 1 atom stereocenters. The molecule has 0 aromatic heterocycles. The van der Waals surface area contributed by atoms with Gasteiger partial charge in [0.15, 0.2) is 5.11 Å². The number of hydrogen-bond acceptors (Lipinski definition) is 3. The lowest BCUT2D eigenvalue weighted by atomic mass is 10.2. The first kappa shape index (κ1) is 22.8. The van der Waals surface area contributed by atoms with Crippen molar-refractivity contribution in [3.8, 4) is 0 Å². The summed E-state index contributed by atoms with van der Waals surface area (Å²) < 4.78 is 13.1. The molecule has 1 unspecified atom stereocenters. The zero-order valence-electron chi connectivity index (χ0n) is 17.3. The first-order valence-corrected chi connectivity index (χ1v) is 11.2. The van der Waals surface area contributed by atoms with Gasteiger partial charge in [0.2, 0.25) is 5.91 Å². The molecule has 3 aromatic carbocycles. The average molecular weight is 454 g/mol. The molecule has 0 radical (unpaired) electrons. The molecule has 31 heavy (non-hydrogen) atoms. The number of aryl methyl sites for hydroxylation is 1. The van der Waals surface area contributed by atoms with Gasteiger partial charge in [-0.15, -0.1) is 11.8 Å². The van der Waals surface area contributed by atoms with Crippen LogP contribution in [0.4, 0.5) is 21.5 Å². The monoisotopic (exact) mass is 453 g/mol. The van der Waals surface area contributed by atoms with Gasteiger partial charge in [-0.1, -0.05) is 30.7 Å². The van der Waals surface area contributed by atoms with Crippen LogP contribution >= 0.6 is 24.0 Å². The molecule has 7 heteroatoms. The summed E-state index contributed by atoms with van der Waals surface area (Å²) in [6.07, 6.45) is 0.655. The molecule has 0 spiro atoms. The first-order chi connectivity index (χ1) is 14.9. The molecule has 3 N–H and O–H groups in total. The SMILES string of the molecule is CCC(Sc1cccc(NC(=S)Nc2ccc(C)cc2)c1)C(=O)Nc1ccc(F)cc1. The van der Waals surface area contributed by atoms with E-state index in [0.717, 1.165) is 16.3 Å². The highest BCUT2D eigenvalue weighted by Gasteiger charge is 2.18. The van der Waals surface area contributed by atoms with E-state index in [-0.39, 0.29) is 17.0 Å². The van der Waals surface area contributed by atoms with E-state index in [1.807, 2.05) is 62.4 Å². The molecule has 0 saturated heterocycles. The second kappa shape index (κ2) is 10.9. The fourth-order valence-corrected chi connectivity index (χ4v) is 4.07. The van der Waals surface area contributed by atoms with E-state index >= 15 is 0 Å². The van der Waals surface area contributed by atoms with Crippen LogP contribution in [-0.4, -0.2) is 16.3 Å². The topological polar surface area (TPSA) is 53.2 Å². The van der Waals surface area contributed by atoms with E-state index in [9.17, 15) is 9.18 Å². The Kier molecular flexibility index (Phi) is 8.03. The zero-order valence-corrected chi connectivity index (χ0v) is 18.9. The van der Waals surface area contributed by atoms with Crippen molar-refractivity contribution < 1.29 is 9.18 Å². The summed E-state index contributed by atoms with van der Waals surface area (Å²) in [4.78, 5) is 13.6. The molecule has 0 fully saturated rings. The maximum atomic E-state index is 13.1. The third-order valence-electron chi connectivity index (χ3n) is 4.45. The van der Waals surface area contributed by atoms with Gasteiger partial charge in [0, 0.05) is 22.0 Å². The smallest absolute Gasteiger partial charge is 0.237 e. The largest absolute Gasteiger partial charge is 0.332 e. The van der Waals surface area contributed by atoms with Crippen molar-refractivity contribution in [2.24, 2.45) is 0 Å². The van der Waals surface area contributed by atoms with Crippen LogP contribution in [0.2, 0.25) is 0 Å². The predicted octanol–water partition coefficient (Wildman–Crippen LogP) is 6.45. The second-order valence-electron chi connectivity index (χ2n) is 6.98. The van der Waals surface area contributed by atoms with E-state index in [0.29, 0.717) is 17.2 Å². The molecular formula is C24H24FN3OS2. The summed E-state index contributed by atoms with van der Waals surface area (Å²) in [7, 11) is 0. The summed E-state index contributed by atoms with van der Waals surface area (Å²) in [5, 5.41) is 9.40. The van der Waals surface area contributed by atoms with Crippen LogP contribution < -0.4 is 16.0 Å². The van der Waals surface area contributed by atoms with Crippen LogP contribution in [-0.2, 0) is 4.79 Å². The van der Waals surface area contributed by atoms with Gasteiger partial charge in [0.05, 0.1) is 5.25 Å². The van der Waals surface area contributed by atoms with Gasteiger partial charge in [-0.3, -0.25) is 4.79 Å². The van der Waals surface area contributed by atoms with Crippen LogP contribution in [0.3, 0.4) is 0 Å². The lowest BCUT2D eigenvalue weighted by molar-refractivity contribution is -0.115. The normalized spacial score (nSPS) is 11.5. The lowest BCUT2D eigenvalue weighted by Crippen LogP contribution is -2.24. The zero-order chi connectivity index (χ0) is 22.2. The predicted molar refractivity (Wildman–Crippen MR) is 132 cm³/mol. The quantitative estimate of drug-likeness (QED) is 0.283. The van der Waals surface area contributed by atoms with Crippen LogP contribution in [0.15, 0.2) is 77.7 Å². The van der Waals surface area contributed by atoms with E-state index in [2.05, 4.69) is 16.0 Å². The Balaban J connectivity index is 1.60. The summed E-state index contributed by atoms with van der Waals surface area (Å²) >= 11 is 6.88. The van der Waals surface area contributed by atoms with Crippen molar-refractivity contribution in [3.63, 3.8) is 0 Å². The number of carbonyl (C=O) groups excluding carboxylic acids is 1. The van der Waals surface area contributed by atoms with E-state index in [1.165, 1.54) is 29.5 Å². The summed E-state index contributed by atoms with van der Waals surface area (Å²) in [6.45, 7) is 4.00. The third-order valence-corrected chi connectivity index (χ3v) is 6.02. The van der Waals surface area contributed by atoms with Crippen LogP contribution in [0, 0.1) is 12.7 Å². The second-order valence-corrected chi connectivity index (χ2v) is 8.67. The van der Waals surface area contributed by atoms with Crippen LogP contribution in [0.1, 0.15) is 18.9 Å². The Labute approximate surface area is 191 Å². The minimum Gasteiger partial charge on any atom is -0.332 e. The molecule has 0 aliphatic carbocycles. The van der Waals surface area contributed by atoms with Crippen molar-refractivity contribution >= 4 is 52.1 Å². The van der Waals surface area contributed by atoms with Crippen molar-refractivity contribution in [1.82, 2.24) is 0 Å². The fraction of sp³-hybridized carbons (Fsp3) is 0.167. The molecule has 4 nitrogen and oxygen atoms in total. The number of anilines is 3. The Hall–Kier alpha value is -2.90. The molecule has 3 rings (SSSR count). The van der Waals surface area contributed by atoms with E-state index in [1.54, 1.807) is 12.1 Å². The van der Waals surface area contributed by atoms with Crippen molar-refractivity contribution in [1.29, 1.82) is 0 Å². The maximum Gasteiger partial charge on any atom is 0.237 e. The summed E-state index contributed by atoms with van der Waals surface area (Å²) in [6, 6.07) is 21.5. The molecule has 1 amide bonds. The van der Waals surface area contributed by atoms with E-state index in [4.69, 9.17) is 12.2 Å². The highest BCUT2D eigenvalue weighted by atomic mass is 32.2. The van der Waals surface area contributed by atoms with Gasteiger partial charge >= 0.3 is 0 Å². The molecule has 0 saturated carbocycles. The fourth-order valence-electron chi connectivity index (χ4n) is 2.82. The van der Waals surface area contributed by atoms with Gasteiger partial charge in [-0.25, -0.2) is 4.39 Å². The Morgan fingerprint density at radius 3 is 2.23 bits per heavy atom. The average Bonchev–Trinajstić information content (AvgIpc) is 2.75. The number of thioether (sulfide) groups is 1. The lowest BCUT2D eigenvalue weighted by Gasteiger charge is -2.16. The first-order valence-electron chi connectivity index (χ1n) is 9.91. The van der Waals surface area contributed by atoms with E-state index < -0.39 is 0 Å². The number of halogens is 1. The molecule has 160 valence electrons. The molecular weight excluding hydrogens is 429 g/mol. The Morgan fingerprint density at radius 2 is 1.55 bits per heavy atom. The number of amides is 1.